The number of aliphatic hydroxyl groups is 2. The fraction of sp³-hybridized carbons (Fsp3) is 0.340. The van der Waals surface area contributed by atoms with E-state index in [2.05, 4.69) is 39.5 Å². The predicted molar refractivity (Wildman–Crippen MR) is 246 cm³/mol. The first-order valence-electron chi connectivity index (χ1n) is 22.6. The minimum absolute atomic E-state index is 0.00199. The number of carbonyl (C=O) groups is 2. The van der Waals surface area contributed by atoms with Gasteiger partial charge in [0.2, 0.25) is 11.2 Å². The Morgan fingerprint density at radius 2 is 1.50 bits per heavy atom. The summed E-state index contributed by atoms with van der Waals surface area (Å²) in [5, 5.41) is 37.8. The molecule has 0 radical (unpaired) electrons. The number of H-pyrrole nitrogens is 1. The monoisotopic (exact) mass is 860 g/mol. The maximum Gasteiger partial charge on any atom is 0.347 e. The molecule has 11 nitrogen and oxygen atoms in total. The van der Waals surface area contributed by atoms with Crippen LogP contribution in [0.5, 0.6) is 5.75 Å². The molecule has 5 N–H and O–H groups in total. The summed E-state index contributed by atoms with van der Waals surface area (Å²) in [7, 11) is 0. The molecule has 11 heteroatoms. The van der Waals surface area contributed by atoms with Crippen LogP contribution in [-0.2, 0) is 34.5 Å². The summed E-state index contributed by atoms with van der Waals surface area (Å²) in [6.45, 7) is 4.49. The van der Waals surface area contributed by atoms with Crippen LogP contribution >= 0.6 is 0 Å². The van der Waals surface area contributed by atoms with Gasteiger partial charge in [-0.25, -0.2) is 4.79 Å². The molecule has 2 unspecified atom stereocenters. The summed E-state index contributed by atoms with van der Waals surface area (Å²) in [5.74, 6) is -0.345. The molecular formula is C53H56N4O7. The second kappa shape index (κ2) is 18.9. The van der Waals surface area contributed by atoms with Gasteiger partial charge in [0, 0.05) is 49.2 Å². The topological polar surface area (TPSA) is 155 Å². The van der Waals surface area contributed by atoms with Gasteiger partial charge in [0.15, 0.2) is 0 Å². The summed E-state index contributed by atoms with van der Waals surface area (Å²) in [5.41, 5.74) is 4.82. The maximum absolute atomic E-state index is 14.1. The number of ether oxygens (including phenoxy) is 1. The highest BCUT2D eigenvalue weighted by Gasteiger charge is 2.42. The van der Waals surface area contributed by atoms with Crippen molar-refractivity contribution in [3.8, 4) is 5.75 Å². The molecule has 1 amide bonds. The summed E-state index contributed by atoms with van der Waals surface area (Å²) >= 11 is 0. The normalized spacial score (nSPS) is 18.7. The number of aliphatic hydroxyl groups excluding tert-OH is 1. The first kappa shape index (κ1) is 43.2. The number of aromatic nitrogens is 1. The third-order valence-corrected chi connectivity index (χ3v) is 13.7. The third-order valence-electron chi connectivity index (χ3n) is 13.7. The number of phenolic OH excluding ortho intramolecular Hbond substituents is 1. The summed E-state index contributed by atoms with van der Waals surface area (Å²) < 4.78 is 5.99. The van der Waals surface area contributed by atoms with Crippen LogP contribution in [0, 0.1) is 5.92 Å². The Balaban J connectivity index is 0.795. The quantitative estimate of drug-likeness (QED) is 0.0795. The molecule has 64 heavy (non-hydrogen) atoms. The molecule has 3 atom stereocenters. The van der Waals surface area contributed by atoms with Crippen LogP contribution in [0.25, 0.3) is 10.9 Å². The summed E-state index contributed by atoms with van der Waals surface area (Å²) in [4.78, 5) is 46.8. The van der Waals surface area contributed by atoms with E-state index in [0.29, 0.717) is 46.2 Å². The lowest BCUT2D eigenvalue weighted by Crippen LogP contribution is -2.41. The standard InChI is InChI=1S/C53H56N4O7/c58-47-18-16-45(46-17-19-49(60)55-50(46)47)48(59)32-54-44-30-39-14-15-40(28-41(39)31-44)51(61)57-26-22-37(23-27-57)38-10-7-13-43(29-38)53(63,42-11-5-2-6-12-42)52(62)64-34-36-20-24-56(25-21-36)33-35-8-3-1-4-9-35/h1-19,28-29,36-37,44,48,54,58-59,63H,20-27,30-34H2,(H,55,60)/t44?,48-,53?/m0/s1. The zero-order valence-electron chi connectivity index (χ0n) is 36.0. The molecule has 1 aromatic heterocycles. The van der Waals surface area contributed by atoms with Gasteiger partial charge in [0.05, 0.1) is 18.2 Å². The Labute approximate surface area is 373 Å². The van der Waals surface area contributed by atoms with Crippen LogP contribution in [0.1, 0.15) is 87.0 Å². The highest BCUT2D eigenvalue weighted by atomic mass is 16.5. The van der Waals surface area contributed by atoms with Crippen molar-refractivity contribution in [1.82, 2.24) is 20.1 Å². The van der Waals surface area contributed by atoms with Crippen molar-refractivity contribution in [2.75, 3.05) is 39.3 Å². The van der Waals surface area contributed by atoms with Gasteiger partial charge in [-0.2, -0.15) is 0 Å². The molecule has 0 saturated carbocycles. The lowest BCUT2D eigenvalue weighted by molar-refractivity contribution is -0.164. The average molecular weight is 861 g/mol. The van der Waals surface area contributed by atoms with Crippen molar-refractivity contribution in [3.05, 3.63) is 182 Å². The molecule has 0 bridgehead atoms. The number of hydrogen-bond donors (Lipinski definition) is 5. The van der Waals surface area contributed by atoms with E-state index in [0.717, 1.165) is 69.3 Å². The van der Waals surface area contributed by atoms with E-state index in [4.69, 9.17) is 4.74 Å². The molecule has 9 rings (SSSR count). The number of likely N-dealkylation sites (tertiary alicyclic amines) is 2. The van der Waals surface area contributed by atoms with Crippen molar-refractivity contribution in [2.24, 2.45) is 5.92 Å². The SMILES string of the molecule is O=C(c1ccc2c(c1)CC(NC[C@H](O)c1ccc(O)c3[nH]c(=O)ccc13)C2)N1CCC(c2cccc(C(O)(C(=O)OCC3CCN(Cc4ccccc4)CC3)c3ccccc3)c2)CC1. The van der Waals surface area contributed by atoms with Crippen molar-refractivity contribution < 1.29 is 29.6 Å². The molecule has 330 valence electrons. The minimum Gasteiger partial charge on any atom is -0.506 e. The van der Waals surface area contributed by atoms with E-state index >= 15 is 0 Å². The Morgan fingerprint density at radius 3 is 2.27 bits per heavy atom. The predicted octanol–water partition coefficient (Wildman–Crippen LogP) is 6.74. The Hall–Kier alpha value is -6.11. The fourth-order valence-electron chi connectivity index (χ4n) is 9.98. The maximum atomic E-state index is 14.1. The van der Waals surface area contributed by atoms with Gasteiger partial charge in [0.25, 0.3) is 5.91 Å². The average Bonchev–Trinajstić information content (AvgIpc) is 3.76. The minimum atomic E-state index is -1.98. The molecule has 2 fully saturated rings. The van der Waals surface area contributed by atoms with Crippen LogP contribution in [0.3, 0.4) is 0 Å². The zero-order chi connectivity index (χ0) is 44.2. The largest absolute Gasteiger partial charge is 0.506 e. The lowest BCUT2D eigenvalue weighted by atomic mass is 9.82. The number of rotatable bonds is 13. The number of aromatic amines is 1. The Morgan fingerprint density at radius 1 is 0.781 bits per heavy atom. The van der Waals surface area contributed by atoms with Gasteiger partial charge in [-0.05, 0) is 127 Å². The van der Waals surface area contributed by atoms with Crippen molar-refractivity contribution in [3.63, 3.8) is 0 Å². The van der Waals surface area contributed by atoms with Gasteiger partial charge in [-0.1, -0.05) is 97.1 Å². The van der Waals surface area contributed by atoms with Gasteiger partial charge < -0.3 is 35.3 Å². The van der Waals surface area contributed by atoms with E-state index in [9.17, 15) is 29.7 Å². The van der Waals surface area contributed by atoms with Crippen molar-refractivity contribution in [1.29, 1.82) is 0 Å². The highest BCUT2D eigenvalue weighted by molar-refractivity contribution is 5.94. The number of nitrogens with one attached hydrogen (secondary N) is 2. The number of hydrogen-bond acceptors (Lipinski definition) is 9. The molecule has 2 saturated heterocycles. The van der Waals surface area contributed by atoms with Crippen molar-refractivity contribution in [2.45, 2.75) is 68.7 Å². The smallest absolute Gasteiger partial charge is 0.347 e. The van der Waals surface area contributed by atoms with Crippen LogP contribution < -0.4 is 10.9 Å². The number of fused-ring (bicyclic) bond motifs is 2. The number of pyridine rings is 1. The van der Waals surface area contributed by atoms with Crippen LogP contribution in [0.2, 0.25) is 0 Å². The van der Waals surface area contributed by atoms with Crippen LogP contribution in [0.4, 0.5) is 0 Å². The molecule has 6 aromatic rings. The van der Waals surface area contributed by atoms with Crippen molar-refractivity contribution >= 4 is 22.8 Å². The van der Waals surface area contributed by atoms with E-state index in [1.165, 1.54) is 23.3 Å². The number of benzene rings is 5. The number of aromatic hydroxyl groups is 1. The fourth-order valence-corrected chi connectivity index (χ4v) is 9.98. The second-order valence-corrected chi connectivity index (χ2v) is 17.9. The summed E-state index contributed by atoms with van der Waals surface area (Å²) in [6.07, 6.45) is 3.98. The molecule has 3 heterocycles. The molecule has 5 aromatic carbocycles. The summed E-state index contributed by atoms with van der Waals surface area (Å²) in [6, 6.07) is 39.4. The number of nitrogens with zero attached hydrogens (tertiary/aromatic N) is 2. The van der Waals surface area contributed by atoms with E-state index in [-0.39, 0.29) is 48.2 Å². The Bertz CT molecular complexity index is 2660. The van der Waals surface area contributed by atoms with Gasteiger partial charge in [0.1, 0.15) is 5.75 Å². The first-order valence-corrected chi connectivity index (χ1v) is 22.6. The number of piperidine rings is 2. The first-order chi connectivity index (χ1) is 31.1. The van der Waals surface area contributed by atoms with E-state index in [1.807, 2.05) is 65.6 Å². The molecule has 2 aliphatic heterocycles. The number of carbonyl (C=O) groups excluding carboxylic acids is 2. The second-order valence-electron chi connectivity index (χ2n) is 17.9. The Kier molecular flexibility index (Phi) is 12.8. The highest BCUT2D eigenvalue weighted by Crippen LogP contribution is 2.37. The van der Waals surface area contributed by atoms with E-state index in [1.54, 1.807) is 30.3 Å². The molecule has 1 aliphatic carbocycles. The van der Waals surface area contributed by atoms with Gasteiger partial charge in [-0.3, -0.25) is 14.5 Å². The van der Waals surface area contributed by atoms with Crippen LogP contribution in [-0.4, -0.2) is 87.4 Å². The molecular weight excluding hydrogens is 805 g/mol. The number of amides is 1. The van der Waals surface area contributed by atoms with E-state index < -0.39 is 17.7 Å². The third kappa shape index (κ3) is 9.25. The van der Waals surface area contributed by atoms with Gasteiger partial charge >= 0.3 is 5.97 Å². The lowest BCUT2D eigenvalue weighted by Gasteiger charge is -2.34. The number of phenols is 1. The van der Waals surface area contributed by atoms with Crippen LogP contribution in [0.15, 0.2) is 132 Å². The zero-order valence-corrected chi connectivity index (χ0v) is 36.0. The molecule has 3 aliphatic rings. The molecule has 0 spiro atoms. The number of esters is 1. The van der Waals surface area contributed by atoms with Gasteiger partial charge in [-0.15, -0.1) is 0 Å².